The van der Waals surface area contributed by atoms with Crippen LogP contribution < -0.4 is 4.90 Å². The summed E-state index contributed by atoms with van der Waals surface area (Å²) in [5.74, 6) is 0.153. The van der Waals surface area contributed by atoms with Crippen molar-refractivity contribution in [1.82, 2.24) is 10.2 Å². The first-order valence-electron chi connectivity index (χ1n) is 7.30. The second-order valence-corrected chi connectivity index (χ2v) is 7.26. The molecule has 1 aliphatic rings. The molecular weight excluding hydrogens is 345 g/mol. The number of halogens is 1. The normalized spacial score (nSPS) is 17.5. The molecule has 3 aromatic rings. The van der Waals surface area contributed by atoms with Gasteiger partial charge in [0.05, 0.1) is 5.75 Å². The maximum atomic E-state index is 13.1. The highest BCUT2D eigenvalue weighted by Crippen LogP contribution is 2.43. The first kappa shape index (κ1) is 15.3. The van der Waals surface area contributed by atoms with Crippen LogP contribution in [0.3, 0.4) is 0 Å². The number of benzene rings is 2. The molecule has 4 rings (SSSR count). The zero-order chi connectivity index (χ0) is 16.5. The first-order chi connectivity index (χ1) is 11.7. The van der Waals surface area contributed by atoms with Crippen LogP contribution in [0.25, 0.3) is 10.6 Å². The van der Waals surface area contributed by atoms with Crippen molar-refractivity contribution in [3.8, 4) is 10.6 Å². The molecule has 0 bridgehead atoms. The monoisotopic (exact) mass is 357 g/mol. The molecule has 0 N–H and O–H groups in total. The van der Waals surface area contributed by atoms with Gasteiger partial charge in [-0.2, -0.15) is 0 Å². The predicted molar refractivity (Wildman–Crippen MR) is 94.4 cm³/mol. The van der Waals surface area contributed by atoms with E-state index in [-0.39, 0.29) is 17.1 Å². The SMILES string of the molecule is O=C1CS[C@@H](c2ccccc2)N1c1nnc(-c2ccc(F)cc2)s1. The van der Waals surface area contributed by atoms with E-state index < -0.39 is 0 Å². The molecule has 2 heterocycles. The highest BCUT2D eigenvalue weighted by Gasteiger charge is 2.36. The third kappa shape index (κ3) is 2.81. The Balaban J connectivity index is 1.67. The summed E-state index contributed by atoms with van der Waals surface area (Å²) >= 11 is 2.92. The molecule has 0 aliphatic carbocycles. The highest BCUT2D eigenvalue weighted by molar-refractivity contribution is 8.00. The number of hydrogen-bond acceptors (Lipinski definition) is 5. The molecule has 1 amide bonds. The Morgan fingerprint density at radius 3 is 2.54 bits per heavy atom. The lowest BCUT2D eigenvalue weighted by molar-refractivity contribution is -0.115. The van der Waals surface area contributed by atoms with Gasteiger partial charge in [0.2, 0.25) is 11.0 Å². The van der Waals surface area contributed by atoms with Gasteiger partial charge in [0.15, 0.2) is 0 Å². The van der Waals surface area contributed by atoms with Crippen LogP contribution in [-0.4, -0.2) is 21.9 Å². The molecule has 120 valence electrons. The number of amides is 1. The van der Waals surface area contributed by atoms with Crippen LogP contribution in [-0.2, 0) is 4.79 Å². The molecule has 1 aromatic heterocycles. The Morgan fingerprint density at radius 2 is 1.79 bits per heavy atom. The van der Waals surface area contributed by atoms with E-state index in [1.54, 1.807) is 28.8 Å². The number of nitrogens with zero attached hydrogens (tertiary/aromatic N) is 3. The summed E-state index contributed by atoms with van der Waals surface area (Å²) in [6.45, 7) is 0. The Labute approximate surface area is 146 Å². The van der Waals surface area contributed by atoms with Gasteiger partial charge >= 0.3 is 0 Å². The summed E-state index contributed by atoms with van der Waals surface area (Å²) in [4.78, 5) is 14.0. The minimum absolute atomic E-state index is 0.0238. The molecule has 1 saturated heterocycles. The zero-order valence-electron chi connectivity index (χ0n) is 12.4. The van der Waals surface area contributed by atoms with Gasteiger partial charge in [-0.25, -0.2) is 4.39 Å². The maximum Gasteiger partial charge on any atom is 0.240 e. The molecule has 0 saturated carbocycles. The van der Waals surface area contributed by atoms with Crippen molar-refractivity contribution in [3.63, 3.8) is 0 Å². The third-order valence-electron chi connectivity index (χ3n) is 3.66. The molecule has 0 unspecified atom stereocenters. The second kappa shape index (κ2) is 6.33. The van der Waals surface area contributed by atoms with E-state index in [0.29, 0.717) is 15.9 Å². The van der Waals surface area contributed by atoms with Crippen molar-refractivity contribution in [2.75, 3.05) is 10.7 Å². The van der Waals surface area contributed by atoms with E-state index in [2.05, 4.69) is 10.2 Å². The van der Waals surface area contributed by atoms with Crippen molar-refractivity contribution >= 4 is 34.1 Å². The van der Waals surface area contributed by atoms with E-state index in [9.17, 15) is 9.18 Å². The van der Waals surface area contributed by atoms with E-state index >= 15 is 0 Å². The van der Waals surface area contributed by atoms with Crippen molar-refractivity contribution < 1.29 is 9.18 Å². The van der Waals surface area contributed by atoms with Gasteiger partial charge in [-0.3, -0.25) is 9.69 Å². The average Bonchev–Trinajstić information content (AvgIpc) is 3.23. The maximum absolute atomic E-state index is 13.1. The molecule has 1 atom stereocenters. The smallest absolute Gasteiger partial charge is 0.240 e. The summed E-state index contributed by atoms with van der Waals surface area (Å²) in [7, 11) is 0. The topological polar surface area (TPSA) is 46.1 Å². The average molecular weight is 357 g/mol. The van der Waals surface area contributed by atoms with E-state index in [1.165, 1.54) is 23.5 Å². The lowest BCUT2D eigenvalue weighted by Gasteiger charge is -2.20. The first-order valence-corrected chi connectivity index (χ1v) is 9.17. The lowest BCUT2D eigenvalue weighted by atomic mass is 10.2. The minimum Gasteiger partial charge on any atom is -0.273 e. The summed E-state index contributed by atoms with van der Waals surface area (Å²) in [5, 5.41) is 9.50. The number of carbonyl (C=O) groups is 1. The summed E-state index contributed by atoms with van der Waals surface area (Å²) in [5.41, 5.74) is 1.85. The molecule has 0 radical (unpaired) electrons. The van der Waals surface area contributed by atoms with Crippen LogP contribution >= 0.6 is 23.1 Å². The second-order valence-electron chi connectivity index (χ2n) is 5.23. The standard InChI is InChI=1S/C17H12FN3OS2/c18-13-8-6-11(7-9-13)15-19-20-17(24-15)21-14(22)10-23-16(21)12-4-2-1-3-5-12/h1-9,16H,10H2/t16-/m0/s1. The quantitative estimate of drug-likeness (QED) is 0.707. The molecule has 2 aromatic carbocycles. The molecule has 1 fully saturated rings. The van der Waals surface area contributed by atoms with E-state index in [0.717, 1.165) is 11.1 Å². The van der Waals surface area contributed by atoms with Gasteiger partial charge in [-0.05, 0) is 29.8 Å². The Kier molecular flexibility index (Phi) is 4.03. The van der Waals surface area contributed by atoms with E-state index in [4.69, 9.17) is 0 Å². The fourth-order valence-electron chi connectivity index (χ4n) is 2.52. The summed E-state index contributed by atoms with van der Waals surface area (Å²) in [6.07, 6.45) is 0. The minimum atomic E-state index is -0.293. The predicted octanol–water partition coefficient (Wildman–Crippen LogP) is 4.12. The Bertz CT molecular complexity index is 867. The molecule has 24 heavy (non-hydrogen) atoms. The Hall–Kier alpha value is -2.25. The molecular formula is C17H12FN3OS2. The van der Waals surface area contributed by atoms with Crippen LogP contribution in [0, 0.1) is 5.82 Å². The number of rotatable bonds is 3. The fourth-order valence-corrected chi connectivity index (χ4v) is 4.64. The zero-order valence-corrected chi connectivity index (χ0v) is 14.1. The third-order valence-corrected chi connectivity index (χ3v) is 5.85. The van der Waals surface area contributed by atoms with Crippen molar-refractivity contribution in [3.05, 3.63) is 66.0 Å². The van der Waals surface area contributed by atoms with Gasteiger partial charge < -0.3 is 0 Å². The van der Waals surface area contributed by atoms with Crippen LogP contribution in [0.5, 0.6) is 0 Å². The Morgan fingerprint density at radius 1 is 1.04 bits per heavy atom. The van der Waals surface area contributed by atoms with Crippen LogP contribution in [0.4, 0.5) is 9.52 Å². The fraction of sp³-hybridized carbons (Fsp3) is 0.118. The van der Waals surface area contributed by atoms with Gasteiger partial charge in [-0.1, -0.05) is 41.7 Å². The summed E-state index contributed by atoms with van der Waals surface area (Å²) in [6, 6.07) is 16.0. The molecule has 1 aliphatic heterocycles. The van der Waals surface area contributed by atoms with Crippen LogP contribution in [0.1, 0.15) is 10.9 Å². The van der Waals surface area contributed by atoms with Crippen LogP contribution in [0.15, 0.2) is 54.6 Å². The largest absolute Gasteiger partial charge is 0.273 e. The highest BCUT2D eigenvalue weighted by atomic mass is 32.2. The van der Waals surface area contributed by atoms with Crippen molar-refractivity contribution in [2.45, 2.75) is 5.37 Å². The summed E-state index contributed by atoms with van der Waals surface area (Å²) < 4.78 is 13.1. The van der Waals surface area contributed by atoms with Gasteiger partial charge in [0.25, 0.3) is 0 Å². The van der Waals surface area contributed by atoms with Gasteiger partial charge in [0, 0.05) is 5.56 Å². The van der Waals surface area contributed by atoms with Crippen molar-refractivity contribution in [1.29, 1.82) is 0 Å². The molecule has 7 heteroatoms. The van der Waals surface area contributed by atoms with E-state index in [1.807, 2.05) is 30.3 Å². The number of carbonyl (C=O) groups excluding carboxylic acids is 1. The van der Waals surface area contributed by atoms with Gasteiger partial charge in [0.1, 0.15) is 16.2 Å². The number of anilines is 1. The van der Waals surface area contributed by atoms with Crippen molar-refractivity contribution in [2.24, 2.45) is 0 Å². The molecule has 0 spiro atoms. The number of thioether (sulfide) groups is 1. The van der Waals surface area contributed by atoms with Gasteiger partial charge in [-0.15, -0.1) is 22.0 Å². The van der Waals surface area contributed by atoms with Crippen LogP contribution in [0.2, 0.25) is 0 Å². The molecule has 4 nitrogen and oxygen atoms in total. The number of aromatic nitrogens is 2. The number of hydrogen-bond donors (Lipinski definition) is 0. The lowest BCUT2D eigenvalue weighted by Crippen LogP contribution is -2.27.